The number of benzene rings is 2. The Hall–Kier alpha value is -4.14. The van der Waals surface area contributed by atoms with E-state index in [9.17, 15) is 0 Å². The highest BCUT2D eigenvalue weighted by Crippen LogP contribution is 2.21. The molecule has 29 heavy (non-hydrogen) atoms. The van der Waals surface area contributed by atoms with Gasteiger partial charge in [-0.15, -0.1) is 5.10 Å². The summed E-state index contributed by atoms with van der Waals surface area (Å²) in [6, 6.07) is 18.0. The highest BCUT2D eigenvalue weighted by Gasteiger charge is 2.11. The summed E-state index contributed by atoms with van der Waals surface area (Å²) in [6.45, 7) is 2.08. The van der Waals surface area contributed by atoms with E-state index in [1.807, 2.05) is 47.0 Å². The lowest BCUT2D eigenvalue weighted by Crippen LogP contribution is -2.10. The first-order valence-corrected chi connectivity index (χ1v) is 9.13. The zero-order valence-electron chi connectivity index (χ0n) is 15.6. The maximum absolute atomic E-state index is 4.67. The molecule has 0 aliphatic carbocycles. The lowest BCUT2D eigenvalue weighted by atomic mass is 10.1. The van der Waals surface area contributed by atoms with Crippen LogP contribution in [0, 0.1) is 0 Å². The second-order valence-corrected chi connectivity index (χ2v) is 6.56. The highest BCUT2D eigenvalue weighted by atomic mass is 15.5. The van der Waals surface area contributed by atoms with Crippen LogP contribution in [0.2, 0.25) is 0 Å². The summed E-state index contributed by atoms with van der Waals surface area (Å²) < 4.78 is 3.52. The number of imidazole rings is 1. The van der Waals surface area contributed by atoms with Crippen molar-refractivity contribution in [3.05, 3.63) is 79.0 Å². The molecule has 0 spiro atoms. The van der Waals surface area contributed by atoms with Crippen molar-refractivity contribution in [2.45, 2.75) is 13.0 Å². The fourth-order valence-electron chi connectivity index (χ4n) is 3.18. The van der Waals surface area contributed by atoms with Crippen LogP contribution in [0.1, 0.15) is 18.5 Å². The third kappa shape index (κ3) is 3.29. The predicted octanol–water partition coefficient (Wildman–Crippen LogP) is 2.96. The zero-order chi connectivity index (χ0) is 19.6. The van der Waals surface area contributed by atoms with Crippen LogP contribution in [-0.2, 0) is 0 Å². The van der Waals surface area contributed by atoms with Gasteiger partial charge in [-0.1, -0.05) is 30.3 Å². The van der Waals surface area contributed by atoms with Crippen LogP contribution in [0.25, 0.3) is 22.5 Å². The van der Waals surface area contributed by atoms with Crippen LogP contribution in [0.3, 0.4) is 0 Å². The van der Waals surface area contributed by atoms with Gasteiger partial charge in [-0.05, 0) is 47.2 Å². The molecule has 0 amide bonds. The van der Waals surface area contributed by atoms with Gasteiger partial charge in [-0.3, -0.25) is 4.57 Å². The summed E-state index contributed by atoms with van der Waals surface area (Å²) in [4.78, 5) is 13.5. The number of anilines is 1. The van der Waals surface area contributed by atoms with E-state index in [4.69, 9.17) is 0 Å². The number of hydrogen-bond donors (Lipinski definition) is 1. The van der Waals surface area contributed by atoms with Crippen LogP contribution < -0.4 is 5.32 Å². The first-order valence-electron chi connectivity index (χ1n) is 9.13. The molecule has 0 radical (unpaired) electrons. The first kappa shape index (κ1) is 17.0. The molecular weight excluding hydrogens is 366 g/mol. The molecule has 2 aromatic carbocycles. The van der Waals surface area contributed by atoms with Crippen molar-refractivity contribution >= 4 is 17.0 Å². The van der Waals surface area contributed by atoms with E-state index < -0.39 is 0 Å². The van der Waals surface area contributed by atoms with Crippen molar-refractivity contribution in [2.75, 3.05) is 5.32 Å². The fourth-order valence-corrected chi connectivity index (χ4v) is 3.18. The molecule has 0 aliphatic rings. The van der Waals surface area contributed by atoms with Gasteiger partial charge in [-0.2, -0.15) is 4.98 Å². The minimum absolute atomic E-state index is 0.0878. The topological polar surface area (TPSA) is 99.2 Å². The summed E-state index contributed by atoms with van der Waals surface area (Å²) in [5, 5.41) is 14.6. The van der Waals surface area contributed by atoms with Crippen LogP contribution in [-0.4, -0.2) is 39.7 Å². The Kier molecular flexibility index (Phi) is 4.17. The van der Waals surface area contributed by atoms with Crippen molar-refractivity contribution < 1.29 is 0 Å². The predicted molar refractivity (Wildman–Crippen MR) is 108 cm³/mol. The van der Waals surface area contributed by atoms with E-state index in [1.165, 1.54) is 5.56 Å². The van der Waals surface area contributed by atoms with Crippen molar-refractivity contribution in [2.24, 2.45) is 0 Å². The van der Waals surface area contributed by atoms with E-state index in [0.29, 0.717) is 5.95 Å². The molecule has 0 fully saturated rings. The molecule has 0 bridgehead atoms. The minimum Gasteiger partial charge on any atom is -0.348 e. The zero-order valence-corrected chi connectivity index (χ0v) is 15.6. The van der Waals surface area contributed by atoms with Gasteiger partial charge in [0, 0.05) is 6.20 Å². The lowest BCUT2D eigenvalue weighted by molar-refractivity contribution is 0.789. The fraction of sp³-hybridized carbons (Fsp3) is 0.100. The molecule has 1 unspecified atom stereocenters. The van der Waals surface area contributed by atoms with Crippen molar-refractivity contribution in [3.63, 3.8) is 0 Å². The SMILES string of the molecule is CC(Nc1nccc(-n2cnc3cc(-n4cnnn4)ccc32)n1)c1ccccc1. The van der Waals surface area contributed by atoms with Gasteiger partial charge in [-0.25, -0.2) is 14.6 Å². The second kappa shape index (κ2) is 7.12. The number of tetrazole rings is 1. The number of aromatic nitrogens is 8. The quantitative estimate of drug-likeness (QED) is 0.498. The summed E-state index contributed by atoms with van der Waals surface area (Å²) in [5.74, 6) is 1.30. The molecule has 1 N–H and O–H groups in total. The summed E-state index contributed by atoms with van der Waals surface area (Å²) in [6.07, 6.45) is 5.04. The molecule has 9 heteroatoms. The molecule has 5 rings (SSSR count). The summed E-state index contributed by atoms with van der Waals surface area (Å²) in [7, 11) is 0. The molecule has 1 atom stereocenters. The molecule has 0 saturated heterocycles. The number of rotatable bonds is 5. The number of nitrogens with one attached hydrogen (secondary N) is 1. The summed E-state index contributed by atoms with van der Waals surface area (Å²) >= 11 is 0. The van der Waals surface area contributed by atoms with E-state index in [-0.39, 0.29) is 6.04 Å². The van der Waals surface area contributed by atoms with Gasteiger partial charge in [0.15, 0.2) is 0 Å². The third-order valence-electron chi connectivity index (χ3n) is 4.68. The van der Waals surface area contributed by atoms with Gasteiger partial charge in [0.1, 0.15) is 18.5 Å². The highest BCUT2D eigenvalue weighted by molar-refractivity contribution is 5.79. The average molecular weight is 383 g/mol. The molecule has 3 aromatic heterocycles. The van der Waals surface area contributed by atoms with Crippen molar-refractivity contribution in [1.82, 2.24) is 39.7 Å². The summed E-state index contributed by atoms with van der Waals surface area (Å²) in [5.41, 5.74) is 3.77. The monoisotopic (exact) mass is 383 g/mol. The Morgan fingerprint density at radius 1 is 0.966 bits per heavy atom. The van der Waals surface area contributed by atoms with Crippen LogP contribution in [0.4, 0.5) is 5.95 Å². The Labute approximate surface area is 166 Å². The maximum Gasteiger partial charge on any atom is 0.225 e. The number of nitrogens with zero attached hydrogens (tertiary/aromatic N) is 8. The maximum atomic E-state index is 4.67. The van der Waals surface area contributed by atoms with Gasteiger partial charge in [0.2, 0.25) is 5.95 Å². The van der Waals surface area contributed by atoms with E-state index in [2.05, 4.69) is 54.9 Å². The van der Waals surface area contributed by atoms with E-state index in [1.54, 1.807) is 23.5 Å². The Bertz CT molecular complexity index is 1250. The Morgan fingerprint density at radius 2 is 1.86 bits per heavy atom. The molecule has 0 saturated carbocycles. The normalized spacial score (nSPS) is 12.2. The van der Waals surface area contributed by atoms with E-state index >= 15 is 0 Å². The number of fused-ring (bicyclic) bond motifs is 1. The molecule has 142 valence electrons. The van der Waals surface area contributed by atoms with Crippen LogP contribution in [0.15, 0.2) is 73.4 Å². The van der Waals surface area contributed by atoms with Gasteiger partial charge < -0.3 is 5.32 Å². The lowest BCUT2D eigenvalue weighted by Gasteiger charge is -2.14. The van der Waals surface area contributed by atoms with Crippen LogP contribution in [0.5, 0.6) is 0 Å². The largest absolute Gasteiger partial charge is 0.348 e. The van der Waals surface area contributed by atoms with E-state index in [0.717, 1.165) is 22.5 Å². The Balaban J connectivity index is 1.45. The van der Waals surface area contributed by atoms with Gasteiger partial charge in [0.25, 0.3) is 0 Å². The Morgan fingerprint density at radius 3 is 2.69 bits per heavy atom. The molecule has 3 heterocycles. The molecule has 5 aromatic rings. The standard InChI is InChI=1S/C20H17N9/c1-14(15-5-3-2-4-6-15)24-20-21-10-9-19(25-20)28-12-22-17-11-16(7-8-18(17)28)29-13-23-26-27-29/h2-14H,1H3,(H,21,24,25). The second-order valence-electron chi connectivity index (χ2n) is 6.56. The molecule has 9 nitrogen and oxygen atoms in total. The number of hydrogen-bond acceptors (Lipinski definition) is 7. The average Bonchev–Trinajstić information content (AvgIpc) is 3.44. The smallest absolute Gasteiger partial charge is 0.225 e. The van der Waals surface area contributed by atoms with Crippen molar-refractivity contribution in [3.8, 4) is 11.5 Å². The first-order chi connectivity index (χ1) is 14.3. The van der Waals surface area contributed by atoms with Gasteiger partial charge >= 0.3 is 0 Å². The van der Waals surface area contributed by atoms with Crippen LogP contribution >= 0.6 is 0 Å². The van der Waals surface area contributed by atoms with Gasteiger partial charge in [0.05, 0.1) is 22.8 Å². The molecular formula is C20H17N9. The van der Waals surface area contributed by atoms with Crippen molar-refractivity contribution in [1.29, 1.82) is 0 Å². The third-order valence-corrected chi connectivity index (χ3v) is 4.68. The molecule has 0 aliphatic heterocycles. The minimum atomic E-state index is 0.0878.